The average molecular weight is 423 g/mol. The second kappa shape index (κ2) is 8.36. The number of likely N-dealkylation sites (N-methyl/N-ethyl adjacent to an activating group) is 1. The Balaban J connectivity index is 1.88. The molecular weight excluding hydrogens is 402 g/mol. The summed E-state index contributed by atoms with van der Waals surface area (Å²) in [5.74, 6) is 0.413. The maximum Gasteiger partial charge on any atom is 0.250 e. The molecule has 0 unspecified atom stereocenters. The zero-order valence-electron chi connectivity index (χ0n) is 18.0. The summed E-state index contributed by atoms with van der Waals surface area (Å²) < 4.78 is 7.42. The first-order valence-corrected chi connectivity index (χ1v) is 9.86. The van der Waals surface area contributed by atoms with E-state index in [0.717, 1.165) is 33.3 Å². The molecule has 7 heteroatoms. The summed E-state index contributed by atoms with van der Waals surface area (Å²) in [6, 6.07) is 13.4. The quantitative estimate of drug-likeness (QED) is 0.446. The van der Waals surface area contributed by atoms with Gasteiger partial charge >= 0.3 is 0 Å². The van der Waals surface area contributed by atoms with Gasteiger partial charge in [-0.1, -0.05) is 6.58 Å². The molecule has 0 aliphatic carbocycles. The molecule has 0 saturated carbocycles. The molecule has 0 saturated heterocycles. The monoisotopic (exact) mass is 423 g/mol. The van der Waals surface area contributed by atoms with Crippen LogP contribution < -0.4 is 9.64 Å². The number of rotatable bonds is 5. The Hall–Kier alpha value is -4.44. The van der Waals surface area contributed by atoms with Crippen LogP contribution in [0.4, 0.5) is 5.69 Å². The van der Waals surface area contributed by atoms with Crippen LogP contribution in [0.1, 0.15) is 5.69 Å². The fourth-order valence-electron chi connectivity index (χ4n) is 3.63. The molecule has 0 spiro atoms. The summed E-state index contributed by atoms with van der Waals surface area (Å²) >= 11 is 0. The molecule has 0 aliphatic rings. The number of hydrogen-bond acceptors (Lipinski definition) is 5. The summed E-state index contributed by atoms with van der Waals surface area (Å²) in [7, 11) is 5.21. The largest absolute Gasteiger partial charge is 0.497 e. The van der Waals surface area contributed by atoms with Gasteiger partial charge in [-0.3, -0.25) is 4.79 Å². The number of aryl methyl sites for hydroxylation is 1. The predicted octanol–water partition coefficient (Wildman–Crippen LogP) is 4.33. The third-order valence-corrected chi connectivity index (χ3v) is 5.35. The Labute approximate surface area is 185 Å². The van der Waals surface area contributed by atoms with Crippen LogP contribution in [-0.4, -0.2) is 34.6 Å². The molecule has 0 N–H and O–H groups in total. The lowest BCUT2D eigenvalue weighted by Gasteiger charge is -2.18. The zero-order chi connectivity index (χ0) is 22.8. The van der Waals surface area contributed by atoms with Crippen LogP contribution in [0.2, 0.25) is 0 Å². The molecule has 158 valence electrons. The first-order valence-electron chi connectivity index (χ1n) is 9.86. The number of methoxy groups -OCH3 is 1. The normalized spacial score (nSPS) is 10.6. The van der Waals surface area contributed by atoms with E-state index in [0.29, 0.717) is 17.1 Å². The second-order valence-electron chi connectivity index (χ2n) is 7.31. The van der Waals surface area contributed by atoms with Crippen molar-refractivity contribution in [3.8, 4) is 34.1 Å². The Kier molecular flexibility index (Phi) is 5.44. The van der Waals surface area contributed by atoms with E-state index in [1.165, 1.54) is 11.0 Å². The van der Waals surface area contributed by atoms with Crippen molar-refractivity contribution in [3.63, 3.8) is 0 Å². The van der Waals surface area contributed by atoms with Crippen molar-refractivity contribution >= 4 is 22.6 Å². The Morgan fingerprint density at radius 2 is 2.00 bits per heavy atom. The van der Waals surface area contributed by atoms with Crippen molar-refractivity contribution in [2.24, 2.45) is 7.05 Å². The van der Waals surface area contributed by atoms with Gasteiger partial charge in [0.1, 0.15) is 23.2 Å². The van der Waals surface area contributed by atoms with Crippen LogP contribution in [-0.2, 0) is 11.8 Å². The summed E-state index contributed by atoms with van der Waals surface area (Å²) in [6.07, 6.45) is 6.69. The van der Waals surface area contributed by atoms with E-state index in [-0.39, 0.29) is 5.91 Å². The van der Waals surface area contributed by atoms with Gasteiger partial charge in [-0.2, -0.15) is 5.26 Å². The number of carbonyl (C=O) groups is 1. The summed E-state index contributed by atoms with van der Waals surface area (Å²) in [4.78, 5) is 22.4. The molecule has 0 bridgehead atoms. The molecule has 3 heterocycles. The minimum atomic E-state index is -0.214. The summed E-state index contributed by atoms with van der Waals surface area (Å²) in [5, 5.41) is 10.2. The van der Waals surface area contributed by atoms with Crippen LogP contribution in [0.5, 0.6) is 5.75 Å². The van der Waals surface area contributed by atoms with Crippen molar-refractivity contribution in [1.29, 1.82) is 5.26 Å². The number of amides is 1. The Morgan fingerprint density at radius 3 is 2.72 bits per heavy atom. The SMILES string of the molecule is C=CC(=O)N(C)c1cc(OC)cc(-c2cnc3c(c2)c(-c2ccnc(C#N)c2)cn3C)c1. The highest BCUT2D eigenvalue weighted by molar-refractivity contribution is 6.01. The molecule has 0 radical (unpaired) electrons. The third-order valence-electron chi connectivity index (χ3n) is 5.35. The lowest BCUT2D eigenvalue weighted by atomic mass is 10.0. The van der Waals surface area contributed by atoms with Crippen LogP contribution in [0, 0.1) is 11.3 Å². The molecule has 4 aromatic rings. The van der Waals surface area contributed by atoms with Crippen molar-refractivity contribution in [3.05, 3.63) is 73.3 Å². The molecule has 1 amide bonds. The molecular formula is C25H21N5O2. The molecule has 3 aromatic heterocycles. The molecule has 0 fully saturated rings. The maximum atomic E-state index is 12.1. The Morgan fingerprint density at radius 1 is 1.19 bits per heavy atom. The Bertz CT molecular complexity index is 1400. The number of nitrogens with zero attached hydrogens (tertiary/aromatic N) is 5. The topological polar surface area (TPSA) is 84.0 Å². The first-order chi connectivity index (χ1) is 15.4. The van der Waals surface area contributed by atoms with Gasteiger partial charge in [-0.15, -0.1) is 0 Å². The minimum Gasteiger partial charge on any atom is -0.497 e. The number of ether oxygens (including phenoxy) is 1. The van der Waals surface area contributed by atoms with Crippen molar-refractivity contribution in [2.75, 3.05) is 19.1 Å². The van der Waals surface area contributed by atoms with E-state index < -0.39 is 0 Å². The maximum absolute atomic E-state index is 12.1. The lowest BCUT2D eigenvalue weighted by molar-refractivity contribution is -0.113. The average Bonchev–Trinajstić information content (AvgIpc) is 3.18. The highest BCUT2D eigenvalue weighted by Crippen LogP contribution is 2.35. The van der Waals surface area contributed by atoms with Crippen LogP contribution in [0.3, 0.4) is 0 Å². The molecule has 32 heavy (non-hydrogen) atoms. The summed E-state index contributed by atoms with van der Waals surface area (Å²) in [6.45, 7) is 3.56. The number of hydrogen-bond donors (Lipinski definition) is 0. The first kappa shape index (κ1) is 20.8. The molecule has 0 atom stereocenters. The van der Waals surface area contributed by atoms with Crippen molar-refractivity contribution < 1.29 is 9.53 Å². The second-order valence-corrected chi connectivity index (χ2v) is 7.31. The van der Waals surface area contributed by atoms with Crippen molar-refractivity contribution in [1.82, 2.24) is 14.5 Å². The zero-order valence-corrected chi connectivity index (χ0v) is 18.0. The summed E-state index contributed by atoms with van der Waals surface area (Å²) in [5.41, 5.74) is 5.45. The highest BCUT2D eigenvalue weighted by atomic mass is 16.5. The van der Waals surface area contributed by atoms with E-state index in [2.05, 4.69) is 28.7 Å². The van der Waals surface area contributed by atoms with Gasteiger partial charge in [-0.25, -0.2) is 9.97 Å². The van der Waals surface area contributed by atoms with Gasteiger partial charge in [0.05, 0.1) is 7.11 Å². The van der Waals surface area contributed by atoms with Gasteiger partial charge in [0, 0.05) is 61.0 Å². The molecule has 0 aliphatic heterocycles. The van der Waals surface area contributed by atoms with Gasteiger partial charge in [0.15, 0.2) is 0 Å². The van der Waals surface area contributed by atoms with E-state index in [1.54, 1.807) is 38.7 Å². The number of fused-ring (bicyclic) bond motifs is 1. The third kappa shape index (κ3) is 3.70. The fraction of sp³-hybridized carbons (Fsp3) is 0.120. The van der Waals surface area contributed by atoms with E-state index >= 15 is 0 Å². The number of benzene rings is 1. The molecule has 1 aromatic carbocycles. The standard InChI is InChI=1S/C25H21N5O2/c1-5-24(31)30(3)20-9-17(10-21(12-20)32-4)18-11-22-23(15-29(2)25(22)28-14-18)16-6-7-27-19(8-16)13-26/h5-12,14-15H,1H2,2-4H3. The van der Waals surface area contributed by atoms with Crippen molar-refractivity contribution in [2.45, 2.75) is 0 Å². The van der Waals surface area contributed by atoms with Crippen LogP contribution in [0.25, 0.3) is 33.3 Å². The lowest BCUT2D eigenvalue weighted by Crippen LogP contribution is -2.23. The van der Waals surface area contributed by atoms with Gasteiger partial charge < -0.3 is 14.2 Å². The van der Waals surface area contributed by atoms with Crippen LogP contribution in [0.15, 0.2) is 67.6 Å². The van der Waals surface area contributed by atoms with Gasteiger partial charge in [-0.05, 0) is 47.5 Å². The highest BCUT2D eigenvalue weighted by Gasteiger charge is 2.15. The van der Waals surface area contributed by atoms with Gasteiger partial charge in [0.2, 0.25) is 5.91 Å². The number of aromatic nitrogens is 3. The number of anilines is 1. The van der Waals surface area contributed by atoms with E-state index in [4.69, 9.17) is 4.74 Å². The van der Waals surface area contributed by atoms with E-state index in [9.17, 15) is 10.1 Å². The predicted molar refractivity (Wildman–Crippen MR) is 124 cm³/mol. The van der Waals surface area contributed by atoms with Crippen LogP contribution >= 0.6 is 0 Å². The number of carbonyl (C=O) groups excluding carboxylic acids is 1. The van der Waals surface area contributed by atoms with E-state index in [1.807, 2.05) is 36.0 Å². The molecule has 7 nitrogen and oxygen atoms in total. The molecule has 4 rings (SSSR count). The fourth-order valence-corrected chi connectivity index (χ4v) is 3.63. The smallest absolute Gasteiger partial charge is 0.250 e. The van der Waals surface area contributed by atoms with Gasteiger partial charge in [0.25, 0.3) is 0 Å². The number of pyridine rings is 2. The number of nitriles is 1. The minimum absolute atomic E-state index is 0.214.